The van der Waals surface area contributed by atoms with Crippen molar-refractivity contribution in [2.75, 3.05) is 44.2 Å². The number of anilines is 1. The van der Waals surface area contributed by atoms with Gasteiger partial charge in [-0.2, -0.15) is 0 Å². The number of hydrogen-bond donors (Lipinski definition) is 1. The van der Waals surface area contributed by atoms with Crippen LogP contribution in [0.3, 0.4) is 0 Å². The number of benzene rings is 1. The molecule has 1 saturated heterocycles. The van der Waals surface area contributed by atoms with E-state index < -0.39 is 10.0 Å². The van der Waals surface area contributed by atoms with Crippen LogP contribution in [-0.2, 0) is 14.8 Å². The molecule has 0 atom stereocenters. The van der Waals surface area contributed by atoms with E-state index in [-0.39, 0.29) is 23.8 Å². The molecule has 0 radical (unpaired) electrons. The Bertz CT molecular complexity index is 898. The van der Waals surface area contributed by atoms with Crippen molar-refractivity contribution in [2.45, 2.75) is 18.2 Å². The highest BCUT2D eigenvalue weighted by Gasteiger charge is 2.23. The molecule has 29 heavy (non-hydrogen) atoms. The van der Waals surface area contributed by atoms with Gasteiger partial charge in [0.25, 0.3) is 0 Å². The highest BCUT2D eigenvalue weighted by molar-refractivity contribution is 7.89. The molecule has 0 spiro atoms. The Morgan fingerprint density at radius 1 is 1.10 bits per heavy atom. The zero-order valence-electron chi connectivity index (χ0n) is 16.3. The largest absolute Gasteiger partial charge is 0.494 e. The molecule has 0 unspecified atom stereocenters. The number of carbonyl (C=O) groups is 1. The summed E-state index contributed by atoms with van der Waals surface area (Å²) in [6.07, 6.45) is 3.49. The SMILES string of the molecule is CCOc1ccc(S(=O)(=O)NCCC(=O)N2CCN(c3ncccn3)CC2)cc1. The summed E-state index contributed by atoms with van der Waals surface area (Å²) in [5.74, 6) is 1.19. The van der Waals surface area contributed by atoms with Crippen molar-refractivity contribution >= 4 is 21.9 Å². The van der Waals surface area contributed by atoms with E-state index in [1.807, 2.05) is 11.8 Å². The number of nitrogens with one attached hydrogen (secondary N) is 1. The lowest BCUT2D eigenvalue weighted by Crippen LogP contribution is -2.49. The van der Waals surface area contributed by atoms with Crippen molar-refractivity contribution in [3.8, 4) is 5.75 Å². The minimum absolute atomic E-state index is 0.0520. The van der Waals surface area contributed by atoms with Gasteiger partial charge in [0.2, 0.25) is 21.9 Å². The summed E-state index contributed by atoms with van der Waals surface area (Å²) in [6.45, 7) is 4.83. The van der Waals surface area contributed by atoms with Crippen LogP contribution in [0, 0.1) is 0 Å². The van der Waals surface area contributed by atoms with Gasteiger partial charge < -0.3 is 14.5 Å². The fraction of sp³-hybridized carbons (Fsp3) is 0.421. The van der Waals surface area contributed by atoms with Crippen molar-refractivity contribution in [2.24, 2.45) is 0 Å². The first-order chi connectivity index (χ1) is 14.0. The summed E-state index contributed by atoms with van der Waals surface area (Å²) >= 11 is 0. The average Bonchev–Trinajstić information content (AvgIpc) is 2.75. The third kappa shape index (κ3) is 5.64. The number of ether oxygens (including phenoxy) is 1. The van der Waals surface area contributed by atoms with Crippen LogP contribution in [0.5, 0.6) is 5.75 Å². The van der Waals surface area contributed by atoms with Crippen LogP contribution in [-0.4, -0.2) is 68.5 Å². The lowest BCUT2D eigenvalue weighted by Gasteiger charge is -2.34. The Balaban J connectivity index is 1.45. The molecule has 1 amide bonds. The van der Waals surface area contributed by atoms with Crippen molar-refractivity contribution in [1.82, 2.24) is 19.6 Å². The summed E-state index contributed by atoms with van der Waals surface area (Å²) in [4.78, 5) is 24.8. The molecule has 0 aliphatic carbocycles. The molecular weight excluding hydrogens is 394 g/mol. The molecule has 1 N–H and O–H groups in total. The van der Waals surface area contributed by atoms with Crippen molar-refractivity contribution < 1.29 is 17.9 Å². The maximum Gasteiger partial charge on any atom is 0.240 e. The van der Waals surface area contributed by atoms with E-state index in [4.69, 9.17) is 4.74 Å². The topological polar surface area (TPSA) is 105 Å². The van der Waals surface area contributed by atoms with Crippen LogP contribution in [0.2, 0.25) is 0 Å². The molecule has 1 aromatic heterocycles. The van der Waals surface area contributed by atoms with Crippen LogP contribution in [0.15, 0.2) is 47.6 Å². The molecule has 1 aliphatic rings. The van der Waals surface area contributed by atoms with Gasteiger partial charge in [-0.3, -0.25) is 4.79 Å². The van der Waals surface area contributed by atoms with Crippen LogP contribution in [0.25, 0.3) is 0 Å². The van der Waals surface area contributed by atoms with Gasteiger partial charge in [0, 0.05) is 51.5 Å². The van der Waals surface area contributed by atoms with Crippen LogP contribution in [0.1, 0.15) is 13.3 Å². The molecule has 1 aliphatic heterocycles. The van der Waals surface area contributed by atoms with E-state index in [0.29, 0.717) is 44.5 Å². The number of rotatable bonds is 8. The Morgan fingerprint density at radius 2 is 1.76 bits per heavy atom. The first kappa shape index (κ1) is 21.0. The minimum Gasteiger partial charge on any atom is -0.494 e. The van der Waals surface area contributed by atoms with E-state index >= 15 is 0 Å². The third-order valence-electron chi connectivity index (χ3n) is 4.54. The first-order valence-electron chi connectivity index (χ1n) is 9.52. The zero-order chi connectivity index (χ0) is 20.7. The quantitative estimate of drug-likeness (QED) is 0.678. The van der Waals surface area contributed by atoms with Crippen LogP contribution >= 0.6 is 0 Å². The number of sulfonamides is 1. The molecule has 2 heterocycles. The summed E-state index contributed by atoms with van der Waals surface area (Å²) in [5, 5.41) is 0. The first-order valence-corrected chi connectivity index (χ1v) is 11.0. The molecule has 0 saturated carbocycles. The summed E-state index contributed by atoms with van der Waals surface area (Å²) in [6, 6.07) is 7.95. The highest BCUT2D eigenvalue weighted by Crippen LogP contribution is 2.16. The Kier molecular flexibility index (Phi) is 6.99. The fourth-order valence-corrected chi connectivity index (χ4v) is 4.06. The Morgan fingerprint density at radius 3 is 2.38 bits per heavy atom. The maximum atomic E-state index is 12.4. The standard InChI is InChI=1S/C19H25N5O4S/c1-2-28-16-4-6-17(7-5-16)29(26,27)22-11-8-18(25)23-12-14-24(15-13-23)19-20-9-3-10-21-19/h3-7,9-10,22H,2,8,11-15H2,1H3. The molecule has 156 valence electrons. The average molecular weight is 420 g/mol. The minimum atomic E-state index is -3.66. The van der Waals surface area contributed by atoms with Crippen molar-refractivity contribution in [3.05, 3.63) is 42.7 Å². The normalized spacial score (nSPS) is 14.7. The molecule has 1 aromatic carbocycles. The lowest BCUT2D eigenvalue weighted by atomic mass is 10.3. The van der Waals surface area contributed by atoms with Crippen molar-refractivity contribution in [3.63, 3.8) is 0 Å². The van der Waals surface area contributed by atoms with Gasteiger partial charge in [-0.15, -0.1) is 0 Å². The second-order valence-corrected chi connectivity index (χ2v) is 8.24. The molecule has 0 bridgehead atoms. The second-order valence-electron chi connectivity index (χ2n) is 6.47. The van der Waals surface area contributed by atoms with Gasteiger partial charge in [0.1, 0.15) is 5.75 Å². The number of carbonyl (C=O) groups excluding carboxylic acids is 1. The maximum absolute atomic E-state index is 12.4. The number of nitrogens with zero attached hydrogens (tertiary/aromatic N) is 4. The molecule has 3 rings (SSSR count). The van der Waals surface area contributed by atoms with Gasteiger partial charge in [0.15, 0.2) is 0 Å². The molecule has 2 aromatic rings. The Labute approximate surface area is 170 Å². The highest BCUT2D eigenvalue weighted by atomic mass is 32.2. The van der Waals surface area contributed by atoms with Crippen LogP contribution < -0.4 is 14.4 Å². The van der Waals surface area contributed by atoms with E-state index in [1.165, 1.54) is 12.1 Å². The number of piperazine rings is 1. The molecule has 9 nitrogen and oxygen atoms in total. The van der Waals surface area contributed by atoms with Gasteiger partial charge in [-0.05, 0) is 37.3 Å². The second kappa shape index (κ2) is 9.66. The fourth-order valence-electron chi connectivity index (χ4n) is 3.03. The monoisotopic (exact) mass is 419 g/mol. The molecule has 10 heteroatoms. The summed E-state index contributed by atoms with van der Waals surface area (Å²) in [7, 11) is -3.66. The number of hydrogen-bond acceptors (Lipinski definition) is 7. The summed E-state index contributed by atoms with van der Waals surface area (Å²) < 4.78 is 32.5. The van der Waals surface area contributed by atoms with E-state index in [2.05, 4.69) is 14.7 Å². The molecular formula is C19H25N5O4S. The molecule has 1 fully saturated rings. The van der Waals surface area contributed by atoms with E-state index in [9.17, 15) is 13.2 Å². The predicted molar refractivity (Wildman–Crippen MR) is 108 cm³/mol. The van der Waals surface area contributed by atoms with Gasteiger partial charge in [0.05, 0.1) is 11.5 Å². The van der Waals surface area contributed by atoms with E-state index in [0.717, 1.165) is 0 Å². The van der Waals surface area contributed by atoms with Gasteiger partial charge in [-0.25, -0.2) is 23.1 Å². The smallest absolute Gasteiger partial charge is 0.240 e. The third-order valence-corrected chi connectivity index (χ3v) is 6.02. The number of amides is 1. The number of aromatic nitrogens is 2. The van der Waals surface area contributed by atoms with Gasteiger partial charge >= 0.3 is 0 Å². The van der Waals surface area contributed by atoms with E-state index in [1.54, 1.807) is 35.5 Å². The zero-order valence-corrected chi connectivity index (χ0v) is 17.1. The Hall–Kier alpha value is -2.72. The van der Waals surface area contributed by atoms with Crippen molar-refractivity contribution in [1.29, 1.82) is 0 Å². The summed E-state index contributed by atoms with van der Waals surface area (Å²) in [5.41, 5.74) is 0. The predicted octanol–water partition coefficient (Wildman–Crippen LogP) is 0.893. The lowest BCUT2D eigenvalue weighted by molar-refractivity contribution is -0.131. The van der Waals surface area contributed by atoms with Gasteiger partial charge in [-0.1, -0.05) is 0 Å². The van der Waals surface area contributed by atoms with Crippen LogP contribution in [0.4, 0.5) is 5.95 Å².